The average Bonchev–Trinajstić information content (AvgIpc) is 2.57. The van der Waals surface area contributed by atoms with Crippen LogP contribution in [0.5, 0.6) is 11.6 Å². The molecule has 0 aliphatic heterocycles. The number of nitrogens with one attached hydrogen (secondary N) is 1. The second-order valence-electron chi connectivity index (χ2n) is 4.57. The molecule has 16 heavy (non-hydrogen) atoms. The summed E-state index contributed by atoms with van der Waals surface area (Å²) in [6, 6.07) is 0. The molecule has 0 radical (unpaired) electrons. The summed E-state index contributed by atoms with van der Waals surface area (Å²) in [5.74, 6) is 2.07. The van der Waals surface area contributed by atoms with Crippen LogP contribution in [0.3, 0.4) is 0 Å². The molecule has 1 rings (SSSR count). The highest BCUT2D eigenvalue weighted by atomic mass is 16.5. The molecule has 0 aromatic carbocycles. The first-order valence-electron chi connectivity index (χ1n) is 6.07. The van der Waals surface area contributed by atoms with Gasteiger partial charge in [0.2, 0.25) is 5.88 Å². The molecule has 0 amide bonds. The second kappa shape index (κ2) is 5.83. The van der Waals surface area contributed by atoms with Gasteiger partial charge in [-0.2, -0.15) is 0 Å². The molecule has 1 aromatic heterocycles. The van der Waals surface area contributed by atoms with Crippen LogP contribution < -0.4 is 9.47 Å². The SMILES string of the molecule is CCCOc1c(C(C)C)c[nH]c1OC(C)C. The molecular weight excluding hydrogens is 202 g/mol. The summed E-state index contributed by atoms with van der Waals surface area (Å²) in [4.78, 5) is 3.15. The number of ether oxygens (including phenoxy) is 2. The fraction of sp³-hybridized carbons (Fsp3) is 0.692. The molecule has 3 heteroatoms. The maximum atomic E-state index is 5.76. The average molecular weight is 225 g/mol. The van der Waals surface area contributed by atoms with Gasteiger partial charge in [0.25, 0.3) is 0 Å². The summed E-state index contributed by atoms with van der Waals surface area (Å²) in [6.07, 6.45) is 3.14. The van der Waals surface area contributed by atoms with Crippen LogP contribution in [0.4, 0.5) is 0 Å². The lowest BCUT2D eigenvalue weighted by Gasteiger charge is -2.13. The molecule has 0 spiro atoms. The Bertz CT molecular complexity index is 316. The van der Waals surface area contributed by atoms with Crippen LogP contribution in [0.25, 0.3) is 0 Å². The zero-order valence-corrected chi connectivity index (χ0v) is 11.0. The van der Waals surface area contributed by atoms with E-state index in [1.165, 1.54) is 5.56 Å². The van der Waals surface area contributed by atoms with Gasteiger partial charge in [-0.05, 0) is 26.2 Å². The van der Waals surface area contributed by atoms with Crippen LogP contribution in [0.15, 0.2) is 6.20 Å². The number of hydrogen-bond donors (Lipinski definition) is 1. The van der Waals surface area contributed by atoms with E-state index in [0.717, 1.165) is 24.7 Å². The van der Waals surface area contributed by atoms with Crippen LogP contribution in [-0.2, 0) is 0 Å². The van der Waals surface area contributed by atoms with Gasteiger partial charge in [0, 0.05) is 11.8 Å². The van der Waals surface area contributed by atoms with Gasteiger partial charge in [-0.1, -0.05) is 20.8 Å². The smallest absolute Gasteiger partial charge is 0.235 e. The number of aromatic nitrogens is 1. The number of aromatic amines is 1. The van der Waals surface area contributed by atoms with Crippen LogP contribution >= 0.6 is 0 Å². The molecule has 0 aliphatic rings. The van der Waals surface area contributed by atoms with Gasteiger partial charge in [-0.15, -0.1) is 0 Å². The molecule has 1 heterocycles. The van der Waals surface area contributed by atoms with Crippen LogP contribution in [0, 0.1) is 0 Å². The number of rotatable bonds is 6. The van der Waals surface area contributed by atoms with E-state index in [9.17, 15) is 0 Å². The van der Waals surface area contributed by atoms with Gasteiger partial charge in [-0.25, -0.2) is 0 Å². The summed E-state index contributed by atoms with van der Waals surface area (Å²) in [5, 5.41) is 0. The Morgan fingerprint density at radius 1 is 1.25 bits per heavy atom. The van der Waals surface area contributed by atoms with Gasteiger partial charge >= 0.3 is 0 Å². The van der Waals surface area contributed by atoms with Gasteiger partial charge in [0.1, 0.15) is 0 Å². The van der Waals surface area contributed by atoms with Gasteiger partial charge < -0.3 is 14.5 Å². The molecule has 0 bridgehead atoms. The van der Waals surface area contributed by atoms with E-state index in [1.54, 1.807) is 0 Å². The Balaban J connectivity index is 2.89. The van der Waals surface area contributed by atoms with E-state index in [-0.39, 0.29) is 6.10 Å². The van der Waals surface area contributed by atoms with Crippen molar-refractivity contribution in [3.63, 3.8) is 0 Å². The largest absolute Gasteiger partial charge is 0.488 e. The Labute approximate surface area is 98.2 Å². The van der Waals surface area contributed by atoms with E-state index in [2.05, 4.69) is 25.8 Å². The van der Waals surface area contributed by atoms with Gasteiger partial charge in [0.05, 0.1) is 12.7 Å². The summed E-state index contributed by atoms with van der Waals surface area (Å²) >= 11 is 0. The molecule has 1 N–H and O–H groups in total. The Hall–Kier alpha value is -1.12. The van der Waals surface area contributed by atoms with Crippen molar-refractivity contribution in [2.45, 2.75) is 53.1 Å². The highest BCUT2D eigenvalue weighted by Crippen LogP contribution is 2.36. The number of hydrogen-bond acceptors (Lipinski definition) is 2. The van der Waals surface area contributed by atoms with E-state index < -0.39 is 0 Å². The van der Waals surface area contributed by atoms with E-state index >= 15 is 0 Å². The summed E-state index contributed by atoms with van der Waals surface area (Å²) in [6.45, 7) is 11.2. The van der Waals surface area contributed by atoms with Crippen molar-refractivity contribution in [3.8, 4) is 11.6 Å². The fourth-order valence-corrected chi connectivity index (χ4v) is 1.51. The normalized spacial score (nSPS) is 11.2. The zero-order valence-electron chi connectivity index (χ0n) is 11.0. The predicted molar refractivity (Wildman–Crippen MR) is 66.4 cm³/mol. The minimum Gasteiger partial charge on any atom is -0.488 e. The first-order valence-corrected chi connectivity index (χ1v) is 6.07. The first kappa shape index (κ1) is 12.9. The zero-order chi connectivity index (χ0) is 12.1. The van der Waals surface area contributed by atoms with Crippen molar-refractivity contribution >= 4 is 0 Å². The molecule has 0 saturated carbocycles. The lowest BCUT2D eigenvalue weighted by atomic mass is 10.1. The third kappa shape index (κ3) is 3.19. The quantitative estimate of drug-likeness (QED) is 0.800. The van der Waals surface area contributed by atoms with Crippen molar-refractivity contribution in [2.24, 2.45) is 0 Å². The molecule has 92 valence electrons. The third-order valence-electron chi connectivity index (χ3n) is 2.25. The first-order chi connectivity index (χ1) is 7.56. The van der Waals surface area contributed by atoms with Crippen molar-refractivity contribution in [2.75, 3.05) is 6.61 Å². The minimum absolute atomic E-state index is 0.155. The van der Waals surface area contributed by atoms with E-state index in [4.69, 9.17) is 9.47 Å². The maximum Gasteiger partial charge on any atom is 0.235 e. The molecule has 0 saturated heterocycles. The summed E-state index contributed by atoms with van der Waals surface area (Å²) in [5.41, 5.74) is 1.18. The molecule has 3 nitrogen and oxygen atoms in total. The number of H-pyrrole nitrogens is 1. The standard InChI is InChI=1S/C13H23NO2/c1-6-7-15-12-11(9(2)3)8-14-13(12)16-10(4)5/h8-10,14H,6-7H2,1-5H3. The highest BCUT2D eigenvalue weighted by molar-refractivity contribution is 5.44. The molecule has 0 atom stereocenters. The Morgan fingerprint density at radius 3 is 2.44 bits per heavy atom. The summed E-state index contributed by atoms with van der Waals surface area (Å²) < 4.78 is 11.5. The molecule has 0 unspecified atom stereocenters. The molecular formula is C13H23NO2. The van der Waals surface area contributed by atoms with Gasteiger partial charge in [0.15, 0.2) is 5.75 Å². The van der Waals surface area contributed by atoms with Gasteiger partial charge in [-0.3, -0.25) is 0 Å². The van der Waals surface area contributed by atoms with Crippen LogP contribution in [0.1, 0.15) is 52.5 Å². The molecule has 1 aromatic rings. The van der Waals surface area contributed by atoms with Crippen molar-refractivity contribution < 1.29 is 9.47 Å². The fourth-order valence-electron chi connectivity index (χ4n) is 1.51. The monoisotopic (exact) mass is 225 g/mol. The summed E-state index contributed by atoms with van der Waals surface area (Å²) in [7, 11) is 0. The maximum absolute atomic E-state index is 5.76. The van der Waals surface area contributed by atoms with Crippen molar-refractivity contribution in [1.29, 1.82) is 0 Å². The molecule has 0 aliphatic carbocycles. The van der Waals surface area contributed by atoms with E-state index in [1.807, 2.05) is 20.0 Å². The topological polar surface area (TPSA) is 34.2 Å². The highest BCUT2D eigenvalue weighted by Gasteiger charge is 2.17. The third-order valence-corrected chi connectivity index (χ3v) is 2.25. The second-order valence-corrected chi connectivity index (χ2v) is 4.57. The van der Waals surface area contributed by atoms with Crippen LogP contribution in [0.2, 0.25) is 0 Å². The predicted octanol–water partition coefficient (Wildman–Crippen LogP) is 3.71. The van der Waals surface area contributed by atoms with Crippen molar-refractivity contribution in [3.05, 3.63) is 11.8 Å². The lowest BCUT2D eigenvalue weighted by Crippen LogP contribution is -2.08. The van der Waals surface area contributed by atoms with Crippen molar-refractivity contribution in [1.82, 2.24) is 4.98 Å². The van der Waals surface area contributed by atoms with Crippen LogP contribution in [-0.4, -0.2) is 17.7 Å². The Morgan fingerprint density at radius 2 is 1.94 bits per heavy atom. The minimum atomic E-state index is 0.155. The lowest BCUT2D eigenvalue weighted by molar-refractivity contribution is 0.213. The van der Waals surface area contributed by atoms with E-state index in [0.29, 0.717) is 5.92 Å². The Kier molecular flexibility index (Phi) is 4.71. The molecule has 0 fully saturated rings.